The summed E-state index contributed by atoms with van der Waals surface area (Å²) in [5.41, 5.74) is 5.71. The summed E-state index contributed by atoms with van der Waals surface area (Å²) in [5.74, 6) is 0.283. The van der Waals surface area contributed by atoms with Crippen LogP contribution in [0.2, 0.25) is 0 Å². The van der Waals surface area contributed by atoms with Crippen LogP contribution in [0.4, 0.5) is 0 Å². The molecule has 0 bridgehead atoms. The molecule has 0 radical (unpaired) electrons. The van der Waals surface area contributed by atoms with Crippen molar-refractivity contribution in [2.75, 3.05) is 26.7 Å². The quantitative estimate of drug-likeness (QED) is 0.657. The molecule has 1 amide bonds. The molecule has 14 heavy (non-hydrogen) atoms. The fraction of sp³-hybridized carbons (Fsp3) is 0.900. The van der Waals surface area contributed by atoms with Gasteiger partial charge in [0.15, 0.2) is 0 Å². The predicted molar refractivity (Wildman–Crippen MR) is 54.8 cm³/mol. The standard InChI is InChI=1S/C10H19N3O/c1-12-6-4-9(10(12)14)13-5-2-3-8(13)7-11/h8-9H,2-7,11H2,1H3/t8-,9-/m1/s1. The molecule has 0 aromatic rings. The lowest BCUT2D eigenvalue weighted by atomic mass is 10.1. The first-order valence-corrected chi connectivity index (χ1v) is 5.45. The van der Waals surface area contributed by atoms with Crippen molar-refractivity contribution in [3.05, 3.63) is 0 Å². The highest BCUT2D eigenvalue weighted by atomic mass is 16.2. The Morgan fingerprint density at radius 2 is 2.21 bits per heavy atom. The van der Waals surface area contributed by atoms with Crippen LogP contribution in [0.15, 0.2) is 0 Å². The molecule has 0 saturated carbocycles. The lowest BCUT2D eigenvalue weighted by Crippen LogP contribution is -2.46. The maximum Gasteiger partial charge on any atom is 0.239 e. The number of rotatable bonds is 2. The van der Waals surface area contributed by atoms with Crippen molar-refractivity contribution in [1.29, 1.82) is 0 Å². The monoisotopic (exact) mass is 197 g/mol. The lowest BCUT2D eigenvalue weighted by molar-refractivity contribution is -0.131. The summed E-state index contributed by atoms with van der Waals surface area (Å²) in [4.78, 5) is 15.9. The van der Waals surface area contributed by atoms with Crippen molar-refractivity contribution in [3.63, 3.8) is 0 Å². The fourth-order valence-corrected chi connectivity index (χ4v) is 2.63. The normalized spacial score (nSPS) is 34.4. The fourth-order valence-electron chi connectivity index (χ4n) is 2.63. The highest BCUT2D eigenvalue weighted by Gasteiger charge is 2.38. The van der Waals surface area contributed by atoms with Crippen molar-refractivity contribution < 1.29 is 4.79 Å². The molecule has 80 valence electrons. The molecule has 2 fully saturated rings. The van der Waals surface area contributed by atoms with Gasteiger partial charge >= 0.3 is 0 Å². The van der Waals surface area contributed by atoms with Crippen molar-refractivity contribution in [3.8, 4) is 0 Å². The van der Waals surface area contributed by atoms with Gasteiger partial charge in [-0.2, -0.15) is 0 Å². The number of likely N-dealkylation sites (tertiary alicyclic amines) is 2. The van der Waals surface area contributed by atoms with Crippen LogP contribution in [-0.2, 0) is 4.79 Å². The Balaban J connectivity index is 2.04. The summed E-state index contributed by atoms with van der Waals surface area (Å²) in [7, 11) is 1.88. The molecule has 2 atom stereocenters. The second kappa shape index (κ2) is 3.87. The Labute approximate surface area is 85.0 Å². The van der Waals surface area contributed by atoms with Crippen LogP contribution in [0, 0.1) is 0 Å². The van der Waals surface area contributed by atoms with Gasteiger partial charge in [-0.3, -0.25) is 9.69 Å². The molecule has 0 unspecified atom stereocenters. The molecule has 0 spiro atoms. The molecule has 4 nitrogen and oxygen atoms in total. The van der Waals surface area contributed by atoms with Gasteiger partial charge < -0.3 is 10.6 Å². The SMILES string of the molecule is CN1CC[C@@H](N2CCC[C@@H]2CN)C1=O. The third-order valence-corrected chi connectivity index (χ3v) is 3.49. The molecular formula is C10H19N3O. The van der Waals surface area contributed by atoms with Gasteiger partial charge in [0.05, 0.1) is 6.04 Å². The van der Waals surface area contributed by atoms with E-state index in [4.69, 9.17) is 5.73 Å². The van der Waals surface area contributed by atoms with Crippen LogP contribution in [0.5, 0.6) is 0 Å². The van der Waals surface area contributed by atoms with Crippen molar-refractivity contribution in [1.82, 2.24) is 9.80 Å². The third kappa shape index (κ3) is 1.53. The van der Waals surface area contributed by atoms with Crippen molar-refractivity contribution in [2.24, 2.45) is 5.73 Å². The first kappa shape index (κ1) is 9.93. The Kier molecular flexibility index (Phi) is 2.74. The van der Waals surface area contributed by atoms with E-state index < -0.39 is 0 Å². The van der Waals surface area contributed by atoms with E-state index in [1.54, 1.807) is 0 Å². The molecule has 2 saturated heterocycles. The molecule has 2 aliphatic rings. The minimum atomic E-state index is 0.121. The van der Waals surface area contributed by atoms with Gasteiger partial charge in [0.2, 0.25) is 5.91 Å². The minimum Gasteiger partial charge on any atom is -0.344 e. The van der Waals surface area contributed by atoms with E-state index in [1.165, 1.54) is 6.42 Å². The maximum absolute atomic E-state index is 11.8. The minimum absolute atomic E-state index is 0.121. The van der Waals surface area contributed by atoms with E-state index in [2.05, 4.69) is 4.90 Å². The molecule has 0 aliphatic carbocycles. The van der Waals surface area contributed by atoms with Gasteiger partial charge in [-0.1, -0.05) is 0 Å². The number of carbonyl (C=O) groups is 1. The van der Waals surface area contributed by atoms with Gasteiger partial charge in [-0.05, 0) is 25.8 Å². The summed E-state index contributed by atoms with van der Waals surface area (Å²) < 4.78 is 0. The zero-order valence-electron chi connectivity index (χ0n) is 8.78. The Hall–Kier alpha value is -0.610. The molecule has 4 heteroatoms. The molecule has 0 aromatic heterocycles. The summed E-state index contributed by atoms with van der Waals surface area (Å²) >= 11 is 0. The summed E-state index contributed by atoms with van der Waals surface area (Å²) in [6.45, 7) is 2.64. The smallest absolute Gasteiger partial charge is 0.239 e. The summed E-state index contributed by atoms with van der Waals surface area (Å²) in [6, 6.07) is 0.562. The van der Waals surface area contributed by atoms with Crippen LogP contribution in [0.3, 0.4) is 0 Å². The zero-order valence-corrected chi connectivity index (χ0v) is 8.78. The number of likely N-dealkylation sites (N-methyl/N-ethyl adjacent to an activating group) is 1. The molecule has 2 rings (SSSR count). The van der Waals surface area contributed by atoms with E-state index in [9.17, 15) is 4.79 Å². The second-order valence-electron chi connectivity index (χ2n) is 4.33. The van der Waals surface area contributed by atoms with Crippen LogP contribution >= 0.6 is 0 Å². The number of nitrogens with zero attached hydrogens (tertiary/aromatic N) is 2. The van der Waals surface area contributed by atoms with Gasteiger partial charge in [0.25, 0.3) is 0 Å². The summed E-state index contributed by atoms with van der Waals surface area (Å²) in [6.07, 6.45) is 3.32. The van der Waals surface area contributed by atoms with E-state index >= 15 is 0 Å². The average Bonchev–Trinajstić information content (AvgIpc) is 2.75. The first-order chi connectivity index (χ1) is 6.74. The first-order valence-electron chi connectivity index (χ1n) is 5.45. The largest absolute Gasteiger partial charge is 0.344 e. The Morgan fingerprint density at radius 3 is 2.79 bits per heavy atom. The number of nitrogens with two attached hydrogens (primary N) is 1. The molecule has 0 aromatic carbocycles. The Morgan fingerprint density at radius 1 is 1.43 bits per heavy atom. The van der Waals surface area contributed by atoms with Crippen molar-refractivity contribution >= 4 is 5.91 Å². The third-order valence-electron chi connectivity index (χ3n) is 3.49. The van der Waals surface area contributed by atoms with E-state index in [0.717, 1.165) is 25.9 Å². The van der Waals surface area contributed by atoms with Gasteiger partial charge in [0, 0.05) is 26.2 Å². The lowest BCUT2D eigenvalue weighted by Gasteiger charge is -2.28. The average molecular weight is 197 g/mol. The number of hydrogen-bond donors (Lipinski definition) is 1. The number of hydrogen-bond acceptors (Lipinski definition) is 3. The highest BCUT2D eigenvalue weighted by molar-refractivity contribution is 5.83. The van der Waals surface area contributed by atoms with Gasteiger partial charge in [-0.25, -0.2) is 0 Å². The van der Waals surface area contributed by atoms with Crippen LogP contribution in [-0.4, -0.2) is 54.5 Å². The van der Waals surface area contributed by atoms with E-state index in [-0.39, 0.29) is 11.9 Å². The highest BCUT2D eigenvalue weighted by Crippen LogP contribution is 2.24. The number of carbonyl (C=O) groups excluding carboxylic acids is 1. The van der Waals surface area contributed by atoms with Crippen LogP contribution < -0.4 is 5.73 Å². The predicted octanol–water partition coefficient (Wildman–Crippen LogP) is -0.360. The van der Waals surface area contributed by atoms with Crippen LogP contribution in [0.25, 0.3) is 0 Å². The van der Waals surface area contributed by atoms with Crippen LogP contribution in [0.1, 0.15) is 19.3 Å². The van der Waals surface area contributed by atoms with Gasteiger partial charge in [-0.15, -0.1) is 0 Å². The number of amides is 1. The zero-order chi connectivity index (χ0) is 10.1. The topological polar surface area (TPSA) is 49.6 Å². The van der Waals surface area contributed by atoms with E-state index in [0.29, 0.717) is 12.6 Å². The maximum atomic E-state index is 11.8. The Bertz CT molecular complexity index is 231. The molecule has 2 heterocycles. The molecular weight excluding hydrogens is 178 g/mol. The van der Waals surface area contributed by atoms with E-state index in [1.807, 2.05) is 11.9 Å². The second-order valence-corrected chi connectivity index (χ2v) is 4.33. The summed E-state index contributed by atoms with van der Waals surface area (Å²) in [5, 5.41) is 0. The molecule has 2 N–H and O–H groups in total. The van der Waals surface area contributed by atoms with Crippen molar-refractivity contribution in [2.45, 2.75) is 31.3 Å². The van der Waals surface area contributed by atoms with Gasteiger partial charge in [0.1, 0.15) is 0 Å². The molecule has 2 aliphatic heterocycles.